The van der Waals surface area contributed by atoms with Crippen molar-refractivity contribution in [2.45, 2.75) is 19.8 Å². The van der Waals surface area contributed by atoms with Crippen molar-refractivity contribution in [2.75, 3.05) is 0 Å². The fourth-order valence-corrected chi connectivity index (χ4v) is 2.37. The Morgan fingerprint density at radius 1 is 0.882 bits per heavy atom. The van der Waals surface area contributed by atoms with Crippen LogP contribution in [-0.2, 0) is 12.8 Å². The summed E-state index contributed by atoms with van der Waals surface area (Å²) in [6.45, 7) is 2.29. The Morgan fingerprint density at radius 3 is 2.24 bits per heavy atom. The van der Waals surface area contributed by atoms with Crippen molar-refractivity contribution >= 4 is 11.6 Å². The summed E-state index contributed by atoms with van der Waals surface area (Å²) >= 11 is 5.99. The van der Waals surface area contributed by atoms with Crippen molar-refractivity contribution in [3.63, 3.8) is 0 Å². The lowest BCUT2D eigenvalue weighted by Crippen LogP contribution is -2.03. The molecule has 0 radical (unpaired) electrons. The van der Waals surface area contributed by atoms with Gasteiger partial charge in [-0.15, -0.1) is 0 Å². The molecule has 1 heteroatoms. The molecule has 0 aliphatic rings. The molecule has 17 heavy (non-hydrogen) atoms. The zero-order valence-electron chi connectivity index (χ0n) is 10.1. The quantitative estimate of drug-likeness (QED) is 0.727. The van der Waals surface area contributed by atoms with Gasteiger partial charge in [0, 0.05) is 5.02 Å². The number of hydrogen-bond donors (Lipinski definition) is 0. The number of benzene rings is 2. The molecule has 0 nitrogen and oxygen atoms in total. The molecule has 0 heterocycles. The van der Waals surface area contributed by atoms with Gasteiger partial charge in [0.2, 0.25) is 0 Å². The average molecular weight is 245 g/mol. The third-order valence-corrected chi connectivity index (χ3v) is 3.14. The minimum Gasteiger partial charge on any atom is -0.0843 e. The van der Waals surface area contributed by atoms with E-state index in [4.69, 9.17) is 11.6 Å². The summed E-state index contributed by atoms with van der Waals surface area (Å²) in [6, 6.07) is 18.8. The highest BCUT2D eigenvalue weighted by Crippen LogP contribution is 2.17. The van der Waals surface area contributed by atoms with Crippen LogP contribution < -0.4 is 0 Å². The summed E-state index contributed by atoms with van der Waals surface area (Å²) in [7, 11) is 0. The van der Waals surface area contributed by atoms with E-state index in [1.807, 2.05) is 12.1 Å². The minimum atomic E-state index is 0.635. The van der Waals surface area contributed by atoms with Crippen LogP contribution in [0.5, 0.6) is 0 Å². The van der Waals surface area contributed by atoms with E-state index in [1.54, 1.807) is 0 Å². The van der Waals surface area contributed by atoms with Gasteiger partial charge in [-0.05, 0) is 42.0 Å². The number of rotatable bonds is 4. The van der Waals surface area contributed by atoms with Crippen LogP contribution in [-0.4, -0.2) is 0 Å². The molecule has 0 saturated heterocycles. The SMILES string of the molecule is CC(Cc1ccccc1)Cc1cccc(Cl)c1. The van der Waals surface area contributed by atoms with Gasteiger partial charge in [0.25, 0.3) is 0 Å². The minimum absolute atomic E-state index is 0.635. The number of hydrogen-bond acceptors (Lipinski definition) is 0. The molecule has 0 bridgehead atoms. The molecule has 0 amide bonds. The predicted molar refractivity (Wildman–Crippen MR) is 74.5 cm³/mol. The van der Waals surface area contributed by atoms with E-state index in [1.165, 1.54) is 11.1 Å². The Labute approximate surface area is 108 Å². The molecule has 88 valence electrons. The van der Waals surface area contributed by atoms with E-state index < -0.39 is 0 Å². The van der Waals surface area contributed by atoms with Crippen molar-refractivity contribution < 1.29 is 0 Å². The zero-order valence-corrected chi connectivity index (χ0v) is 10.8. The van der Waals surface area contributed by atoms with Crippen LogP contribution in [0.3, 0.4) is 0 Å². The zero-order chi connectivity index (χ0) is 12.1. The molecule has 0 saturated carbocycles. The smallest absolute Gasteiger partial charge is 0.0408 e. The van der Waals surface area contributed by atoms with Gasteiger partial charge in [-0.25, -0.2) is 0 Å². The molecule has 0 aromatic heterocycles. The van der Waals surface area contributed by atoms with E-state index in [9.17, 15) is 0 Å². The molecule has 2 rings (SSSR count). The van der Waals surface area contributed by atoms with Crippen molar-refractivity contribution in [3.8, 4) is 0 Å². The van der Waals surface area contributed by atoms with Crippen LogP contribution >= 0.6 is 11.6 Å². The van der Waals surface area contributed by atoms with Gasteiger partial charge >= 0.3 is 0 Å². The summed E-state index contributed by atoms with van der Waals surface area (Å²) in [6.07, 6.45) is 2.20. The highest BCUT2D eigenvalue weighted by Gasteiger charge is 2.05. The van der Waals surface area contributed by atoms with Gasteiger partial charge in [-0.1, -0.05) is 61.0 Å². The fourth-order valence-electron chi connectivity index (χ4n) is 2.15. The maximum atomic E-state index is 5.99. The van der Waals surface area contributed by atoms with Gasteiger partial charge < -0.3 is 0 Å². The van der Waals surface area contributed by atoms with Gasteiger partial charge in [-0.2, -0.15) is 0 Å². The van der Waals surface area contributed by atoms with Crippen LogP contribution in [0.1, 0.15) is 18.1 Å². The summed E-state index contributed by atoms with van der Waals surface area (Å²) in [5.41, 5.74) is 2.72. The van der Waals surface area contributed by atoms with E-state index in [2.05, 4.69) is 49.4 Å². The Bertz CT molecular complexity index is 462. The standard InChI is InChI=1S/C16H17Cl/c1-13(10-14-6-3-2-4-7-14)11-15-8-5-9-16(17)12-15/h2-9,12-13H,10-11H2,1H3. The molecule has 2 aromatic carbocycles. The third kappa shape index (κ3) is 3.90. The van der Waals surface area contributed by atoms with Crippen LogP contribution in [0.15, 0.2) is 54.6 Å². The second kappa shape index (κ2) is 5.88. The lowest BCUT2D eigenvalue weighted by Gasteiger charge is -2.11. The van der Waals surface area contributed by atoms with E-state index in [0.29, 0.717) is 5.92 Å². The van der Waals surface area contributed by atoms with Crippen LogP contribution in [0.4, 0.5) is 0 Å². The predicted octanol–water partition coefficient (Wildman–Crippen LogP) is 4.76. The van der Waals surface area contributed by atoms with Crippen molar-refractivity contribution in [2.24, 2.45) is 5.92 Å². The summed E-state index contributed by atoms with van der Waals surface area (Å²) in [5, 5.41) is 0.828. The van der Waals surface area contributed by atoms with E-state index in [-0.39, 0.29) is 0 Å². The second-order valence-electron chi connectivity index (χ2n) is 4.63. The van der Waals surface area contributed by atoms with E-state index in [0.717, 1.165) is 17.9 Å². The molecule has 1 unspecified atom stereocenters. The fraction of sp³-hybridized carbons (Fsp3) is 0.250. The summed E-state index contributed by atoms with van der Waals surface area (Å²) in [5.74, 6) is 0.635. The van der Waals surface area contributed by atoms with Gasteiger partial charge in [0.05, 0.1) is 0 Å². The van der Waals surface area contributed by atoms with Crippen LogP contribution in [0.25, 0.3) is 0 Å². The Kier molecular flexibility index (Phi) is 4.22. The number of halogens is 1. The first kappa shape index (κ1) is 12.2. The first-order chi connectivity index (χ1) is 8.24. The highest BCUT2D eigenvalue weighted by atomic mass is 35.5. The topological polar surface area (TPSA) is 0 Å². The first-order valence-electron chi connectivity index (χ1n) is 6.02. The third-order valence-electron chi connectivity index (χ3n) is 2.90. The monoisotopic (exact) mass is 244 g/mol. The normalized spacial score (nSPS) is 12.4. The second-order valence-corrected chi connectivity index (χ2v) is 5.07. The summed E-state index contributed by atoms with van der Waals surface area (Å²) in [4.78, 5) is 0. The molecule has 0 spiro atoms. The molecule has 0 aliphatic heterocycles. The Balaban J connectivity index is 1.96. The van der Waals surface area contributed by atoms with Crippen molar-refractivity contribution in [3.05, 3.63) is 70.7 Å². The van der Waals surface area contributed by atoms with Crippen molar-refractivity contribution in [1.29, 1.82) is 0 Å². The molecule has 0 aliphatic carbocycles. The maximum absolute atomic E-state index is 5.99. The molecule has 0 N–H and O–H groups in total. The van der Waals surface area contributed by atoms with E-state index >= 15 is 0 Å². The van der Waals surface area contributed by atoms with Gasteiger partial charge in [0.15, 0.2) is 0 Å². The van der Waals surface area contributed by atoms with Crippen LogP contribution in [0, 0.1) is 5.92 Å². The molecular formula is C16H17Cl. The summed E-state index contributed by atoms with van der Waals surface area (Å²) < 4.78 is 0. The highest BCUT2D eigenvalue weighted by molar-refractivity contribution is 6.30. The largest absolute Gasteiger partial charge is 0.0843 e. The first-order valence-corrected chi connectivity index (χ1v) is 6.40. The molecule has 2 aromatic rings. The Morgan fingerprint density at radius 2 is 1.53 bits per heavy atom. The lowest BCUT2D eigenvalue weighted by atomic mass is 9.94. The Hall–Kier alpha value is -1.27. The maximum Gasteiger partial charge on any atom is 0.0408 e. The molecular weight excluding hydrogens is 228 g/mol. The molecule has 1 atom stereocenters. The van der Waals surface area contributed by atoms with Crippen LogP contribution in [0.2, 0.25) is 5.02 Å². The van der Waals surface area contributed by atoms with Gasteiger partial charge in [-0.3, -0.25) is 0 Å². The average Bonchev–Trinajstić information content (AvgIpc) is 2.30. The lowest BCUT2D eigenvalue weighted by molar-refractivity contribution is 0.577. The van der Waals surface area contributed by atoms with Crippen molar-refractivity contribution in [1.82, 2.24) is 0 Å². The van der Waals surface area contributed by atoms with Gasteiger partial charge in [0.1, 0.15) is 0 Å². The molecule has 0 fully saturated rings.